The molecule has 3 aromatic heterocycles. The number of benzene rings is 1. The fourth-order valence-corrected chi connectivity index (χ4v) is 3.99. The van der Waals surface area contributed by atoms with Gasteiger partial charge in [-0.15, -0.1) is 0 Å². The summed E-state index contributed by atoms with van der Waals surface area (Å²) in [5.41, 5.74) is 3.99. The topological polar surface area (TPSA) is 113 Å². The molecule has 5 rings (SSSR count). The van der Waals surface area contributed by atoms with Crippen molar-refractivity contribution in [1.29, 1.82) is 0 Å². The molecule has 0 aliphatic carbocycles. The van der Waals surface area contributed by atoms with Gasteiger partial charge in [-0.05, 0) is 37.6 Å². The van der Waals surface area contributed by atoms with E-state index in [1.54, 1.807) is 27.8 Å². The van der Waals surface area contributed by atoms with Gasteiger partial charge in [0.15, 0.2) is 5.78 Å². The normalized spacial score (nSPS) is 12.8. The highest BCUT2D eigenvalue weighted by Crippen LogP contribution is 2.36. The van der Waals surface area contributed by atoms with Gasteiger partial charge in [0.2, 0.25) is 5.95 Å². The Morgan fingerprint density at radius 1 is 1.24 bits per heavy atom. The third-order valence-corrected chi connectivity index (χ3v) is 5.60. The van der Waals surface area contributed by atoms with Gasteiger partial charge in [-0.25, -0.2) is 9.36 Å². The molecule has 4 heterocycles. The van der Waals surface area contributed by atoms with Crippen molar-refractivity contribution >= 4 is 5.78 Å². The zero-order valence-corrected chi connectivity index (χ0v) is 18.5. The van der Waals surface area contributed by atoms with Gasteiger partial charge in [0.05, 0.1) is 37.7 Å². The Bertz CT molecular complexity index is 1300. The Labute approximate surface area is 190 Å². The van der Waals surface area contributed by atoms with Gasteiger partial charge >= 0.3 is 0 Å². The minimum Gasteiger partial charge on any atom is -0.493 e. The summed E-state index contributed by atoms with van der Waals surface area (Å²) in [6, 6.07) is 5.62. The molecule has 0 spiro atoms. The molecule has 0 unspecified atom stereocenters. The SMILES string of the molecule is CC(C)n1ncnc1-n1cc2c(n1)-c1cc(C(=O)Cc3cnn(CCO)c3)ccc1OCC2. The maximum Gasteiger partial charge on any atom is 0.249 e. The standard InChI is InChI=1S/C23H25N7O3/c1-15(2)30-23(24-14-26-30)29-13-18-5-8-33-21-4-3-17(10-19(21)22(18)27-29)20(32)9-16-11-25-28(12-16)6-7-31/h3-4,10-15,31H,5-9H2,1-2H3. The highest BCUT2D eigenvalue weighted by molar-refractivity contribution is 5.99. The molecule has 1 aromatic carbocycles. The van der Waals surface area contributed by atoms with Crippen LogP contribution >= 0.6 is 0 Å². The van der Waals surface area contributed by atoms with Gasteiger partial charge in [0.25, 0.3) is 0 Å². The van der Waals surface area contributed by atoms with Crippen LogP contribution in [0.1, 0.15) is 41.4 Å². The third-order valence-electron chi connectivity index (χ3n) is 5.60. The molecule has 0 amide bonds. The maximum absolute atomic E-state index is 13.0. The molecule has 10 nitrogen and oxygen atoms in total. The smallest absolute Gasteiger partial charge is 0.249 e. The summed E-state index contributed by atoms with van der Waals surface area (Å²) < 4.78 is 11.1. The van der Waals surface area contributed by atoms with Crippen LogP contribution in [-0.4, -0.2) is 58.4 Å². The molecule has 0 fully saturated rings. The number of hydrogen-bond acceptors (Lipinski definition) is 7. The molecule has 170 valence electrons. The molecule has 1 aliphatic rings. The lowest BCUT2D eigenvalue weighted by Gasteiger charge is -2.10. The predicted octanol–water partition coefficient (Wildman–Crippen LogP) is 2.26. The van der Waals surface area contributed by atoms with Crippen molar-refractivity contribution in [2.45, 2.75) is 39.3 Å². The van der Waals surface area contributed by atoms with Crippen LogP contribution in [-0.2, 0) is 19.4 Å². The van der Waals surface area contributed by atoms with Gasteiger partial charge in [0.1, 0.15) is 12.1 Å². The molecular weight excluding hydrogens is 422 g/mol. The number of carbonyl (C=O) groups is 1. The van der Waals surface area contributed by atoms with Crippen LogP contribution in [0.4, 0.5) is 0 Å². The first-order valence-corrected chi connectivity index (χ1v) is 10.9. The average molecular weight is 447 g/mol. The van der Waals surface area contributed by atoms with Crippen LogP contribution < -0.4 is 4.74 Å². The second-order valence-corrected chi connectivity index (χ2v) is 8.29. The van der Waals surface area contributed by atoms with Crippen molar-refractivity contribution in [2.24, 2.45) is 0 Å². The number of ketones is 1. The summed E-state index contributed by atoms with van der Waals surface area (Å²) >= 11 is 0. The van der Waals surface area contributed by atoms with E-state index >= 15 is 0 Å². The van der Waals surface area contributed by atoms with E-state index in [1.165, 1.54) is 6.33 Å². The lowest BCUT2D eigenvalue weighted by molar-refractivity contribution is 0.0993. The molecule has 4 aromatic rings. The summed E-state index contributed by atoms with van der Waals surface area (Å²) in [6.45, 7) is 5.02. The number of hydrogen-bond donors (Lipinski definition) is 1. The van der Waals surface area contributed by atoms with Gasteiger partial charge in [-0.2, -0.15) is 20.3 Å². The number of carbonyl (C=O) groups excluding carboxylic acids is 1. The van der Waals surface area contributed by atoms with Crippen molar-refractivity contribution in [3.63, 3.8) is 0 Å². The molecule has 0 saturated heterocycles. The van der Waals surface area contributed by atoms with Crippen molar-refractivity contribution in [1.82, 2.24) is 34.3 Å². The zero-order chi connectivity index (χ0) is 22.9. The molecule has 0 radical (unpaired) electrons. The fourth-order valence-electron chi connectivity index (χ4n) is 3.99. The van der Waals surface area contributed by atoms with E-state index in [0.29, 0.717) is 36.8 Å². The Balaban J connectivity index is 1.48. The van der Waals surface area contributed by atoms with Crippen molar-refractivity contribution in [3.05, 3.63) is 59.8 Å². The molecule has 0 saturated carbocycles. The number of fused-ring (bicyclic) bond motifs is 3. The van der Waals surface area contributed by atoms with Gasteiger partial charge in [0, 0.05) is 41.9 Å². The minimum atomic E-state index is -0.0221. The van der Waals surface area contributed by atoms with E-state index < -0.39 is 0 Å². The number of ether oxygens (including phenoxy) is 1. The molecule has 1 aliphatic heterocycles. The average Bonchev–Trinajstić information content (AvgIpc) is 3.52. The second kappa shape index (κ2) is 8.62. The molecule has 33 heavy (non-hydrogen) atoms. The Morgan fingerprint density at radius 2 is 2.12 bits per heavy atom. The van der Waals surface area contributed by atoms with E-state index in [-0.39, 0.29) is 24.9 Å². The van der Waals surface area contributed by atoms with Crippen molar-refractivity contribution < 1.29 is 14.6 Å². The quantitative estimate of drug-likeness (QED) is 0.432. The Morgan fingerprint density at radius 3 is 2.94 bits per heavy atom. The van der Waals surface area contributed by atoms with E-state index in [4.69, 9.17) is 14.9 Å². The summed E-state index contributed by atoms with van der Waals surface area (Å²) in [6.07, 6.45) is 7.85. The number of Topliss-reactive ketones (excluding diaryl/α,β-unsaturated/α-hetero) is 1. The lowest BCUT2D eigenvalue weighted by Crippen LogP contribution is -2.11. The minimum absolute atomic E-state index is 0.00233. The monoisotopic (exact) mass is 447 g/mol. The Hall–Kier alpha value is -3.79. The third kappa shape index (κ3) is 4.05. The van der Waals surface area contributed by atoms with Crippen LogP contribution in [0.2, 0.25) is 0 Å². The van der Waals surface area contributed by atoms with Crippen LogP contribution in [0, 0.1) is 0 Å². The number of aliphatic hydroxyl groups is 1. The van der Waals surface area contributed by atoms with Crippen LogP contribution in [0.15, 0.2) is 43.1 Å². The first kappa shape index (κ1) is 21.1. The van der Waals surface area contributed by atoms with E-state index in [2.05, 4.69) is 15.2 Å². The summed E-state index contributed by atoms with van der Waals surface area (Å²) in [5, 5.41) is 22.3. The molecule has 10 heteroatoms. The van der Waals surface area contributed by atoms with E-state index in [1.807, 2.05) is 36.9 Å². The van der Waals surface area contributed by atoms with Gasteiger partial charge in [-0.1, -0.05) is 0 Å². The largest absolute Gasteiger partial charge is 0.493 e. The highest BCUT2D eigenvalue weighted by atomic mass is 16.5. The number of aliphatic hydroxyl groups excluding tert-OH is 1. The first-order valence-electron chi connectivity index (χ1n) is 10.9. The number of nitrogens with zero attached hydrogens (tertiary/aromatic N) is 7. The summed E-state index contributed by atoms with van der Waals surface area (Å²) in [7, 11) is 0. The predicted molar refractivity (Wildman–Crippen MR) is 120 cm³/mol. The number of rotatable bonds is 7. The molecule has 0 bridgehead atoms. The molecule has 0 atom stereocenters. The van der Waals surface area contributed by atoms with Crippen LogP contribution in [0.3, 0.4) is 0 Å². The highest BCUT2D eigenvalue weighted by Gasteiger charge is 2.23. The molecule has 1 N–H and O–H groups in total. The van der Waals surface area contributed by atoms with E-state index in [0.717, 1.165) is 22.4 Å². The van der Waals surface area contributed by atoms with Crippen molar-refractivity contribution in [2.75, 3.05) is 13.2 Å². The van der Waals surface area contributed by atoms with Gasteiger partial charge in [-0.3, -0.25) is 9.48 Å². The van der Waals surface area contributed by atoms with Crippen molar-refractivity contribution in [3.8, 4) is 23.0 Å². The molecular formula is C23H25N7O3. The zero-order valence-electron chi connectivity index (χ0n) is 18.5. The Kier molecular flexibility index (Phi) is 5.51. The number of aromatic nitrogens is 7. The first-order chi connectivity index (χ1) is 16.0. The maximum atomic E-state index is 13.0. The van der Waals surface area contributed by atoms with Gasteiger partial charge < -0.3 is 9.84 Å². The second-order valence-electron chi connectivity index (χ2n) is 8.29. The summed E-state index contributed by atoms with van der Waals surface area (Å²) in [5.74, 6) is 1.33. The van der Waals surface area contributed by atoms with E-state index in [9.17, 15) is 4.79 Å². The van der Waals surface area contributed by atoms with Crippen LogP contribution in [0.5, 0.6) is 5.75 Å². The lowest BCUT2D eigenvalue weighted by atomic mass is 9.99. The fraction of sp³-hybridized carbons (Fsp3) is 0.348. The summed E-state index contributed by atoms with van der Waals surface area (Å²) in [4.78, 5) is 17.4. The van der Waals surface area contributed by atoms with Crippen LogP contribution in [0.25, 0.3) is 17.2 Å².